The van der Waals surface area contributed by atoms with E-state index in [4.69, 9.17) is 16.3 Å². The summed E-state index contributed by atoms with van der Waals surface area (Å²) in [5.41, 5.74) is 2.63. The van der Waals surface area contributed by atoms with Gasteiger partial charge in [-0.25, -0.2) is 23.4 Å². The molecular formula is C18H15ClF6N4O3. The standard InChI is InChI=1S/C18H15ClF6N4O3/c1-8(27-17(31)29-28-16(30)18(23,24)25)14-12(20)5-9(6-26-14)10-3-2-4-11(19)15(10)32-7-13(21)22/h2-6,8,13H,7H2,1H3,(H,28,30)(H2,27,29,31). The fourth-order valence-electron chi connectivity index (χ4n) is 2.43. The molecule has 3 amide bonds. The zero-order valence-corrected chi connectivity index (χ0v) is 16.8. The molecule has 1 aromatic carbocycles. The van der Waals surface area contributed by atoms with Gasteiger partial charge in [0.25, 0.3) is 6.43 Å². The molecule has 0 saturated carbocycles. The van der Waals surface area contributed by atoms with E-state index >= 15 is 0 Å². The highest BCUT2D eigenvalue weighted by Gasteiger charge is 2.39. The summed E-state index contributed by atoms with van der Waals surface area (Å²) in [6, 6.07) is 2.94. The summed E-state index contributed by atoms with van der Waals surface area (Å²) in [4.78, 5) is 26.2. The van der Waals surface area contributed by atoms with Gasteiger partial charge in [-0.1, -0.05) is 23.7 Å². The van der Waals surface area contributed by atoms with Gasteiger partial charge < -0.3 is 10.1 Å². The summed E-state index contributed by atoms with van der Waals surface area (Å²) in [5.74, 6) is -3.43. The van der Waals surface area contributed by atoms with Crippen molar-refractivity contribution in [3.05, 3.63) is 47.0 Å². The molecule has 14 heteroatoms. The fraction of sp³-hybridized carbons (Fsp3) is 0.278. The van der Waals surface area contributed by atoms with Gasteiger partial charge in [0.15, 0.2) is 0 Å². The Morgan fingerprint density at radius 1 is 1.22 bits per heavy atom. The minimum Gasteiger partial charge on any atom is -0.485 e. The number of amides is 3. The number of alkyl halides is 5. The van der Waals surface area contributed by atoms with Crippen LogP contribution in [-0.4, -0.2) is 36.1 Å². The van der Waals surface area contributed by atoms with Gasteiger partial charge in [-0.2, -0.15) is 13.2 Å². The molecule has 0 aliphatic carbocycles. The van der Waals surface area contributed by atoms with Crippen molar-refractivity contribution in [1.82, 2.24) is 21.2 Å². The van der Waals surface area contributed by atoms with E-state index in [1.165, 1.54) is 36.7 Å². The highest BCUT2D eigenvalue weighted by Crippen LogP contribution is 2.37. The number of pyridine rings is 1. The molecule has 7 nitrogen and oxygen atoms in total. The first-order chi connectivity index (χ1) is 14.9. The van der Waals surface area contributed by atoms with Crippen LogP contribution in [0.2, 0.25) is 5.02 Å². The maximum atomic E-state index is 14.6. The zero-order valence-electron chi connectivity index (χ0n) is 16.1. The third-order valence-electron chi connectivity index (χ3n) is 3.81. The van der Waals surface area contributed by atoms with E-state index in [0.717, 1.165) is 11.5 Å². The first-order valence-electron chi connectivity index (χ1n) is 8.69. The lowest BCUT2D eigenvalue weighted by Crippen LogP contribution is -2.51. The number of carbonyl (C=O) groups is 2. The Morgan fingerprint density at radius 2 is 1.91 bits per heavy atom. The van der Waals surface area contributed by atoms with Crippen molar-refractivity contribution in [2.24, 2.45) is 0 Å². The Kier molecular flexibility index (Phi) is 8.14. The van der Waals surface area contributed by atoms with Crippen molar-refractivity contribution < 1.29 is 40.7 Å². The van der Waals surface area contributed by atoms with Crippen LogP contribution in [0.25, 0.3) is 11.1 Å². The van der Waals surface area contributed by atoms with E-state index in [-0.39, 0.29) is 27.6 Å². The number of urea groups is 1. The second-order valence-electron chi connectivity index (χ2n) is 6.18. The van der Waals surface area contributed by atoms with Gasteiger partial charge in [0.1, 0.15) is 18.2 Å². The number of carbonyl (C=O) groups excluding carboxylic acids is 2. The molecule has 1 atom stereocenters. The molecule has 0 saturated heterocycles. The number of para-hydroxylation sites is 1. The van der Waals surface area contributed by atoms with E-state index in [1.54, 1.807) is 0 Å². The Hall–Kier alpha value is -3.22. The quantitative estimate of drug-likeness (QED) is 0.424. The molecule has 1 heterocycles. The van der Waals surface area contributed by atoms with Crippen molar-refractivity contribution in [3.8, 4) is 16.9 Å². The summed E-state index contributed by atoms with van der Waals surface area (Å²) in [7, 11) is 0. The topological polar surface area (TPSA) is 92.4 Å². The van der Waals surface area contributed by atoms with Gasteiger partial charge in [0.2, 0.25) is 0 Å². The van der Waals surface area contributed by atoms with Crippen LogP contribution in [0.5, 0.6) is 5.75 Å². The van der Waals surface area contributed by atoms with Crippen LogP contribution in [0.4, 0.5) is 31.1 Å². The summed E-state index contributed by atoms with van der Waals surface area (Å²) in [6.45, 7) is 0.346. The number of hydrazine groups is 1. The predicted octanol–water partition coefficient (Wildman–Crippen LogP) is 4.14. The number of rotatable bonds is 6. The van der Waals surface area contributed by atoms with E-state index in [1.807, 2.05) is 0 Å². The van der Waals surface area contributed by atoms with Gasteiger partial charge in [-0.3, -0.25) is 15.2 Å². The van der Waals surface area contributed by atoms with Gasteiger partial charge >= 0.3 is 18.1 Å². The molecule has 32 heavy (non-hydrogen) atoms. The maximum Gasteiger partial charge on any atom is 0.472 e. The summed E-state index contributed by atoms with van der Waals surface area (Å²) < 4.78 is 80.9. The lowest BCUT2D eigenvalue weighted by Gasteiger charge is -2.17. The van der Waals surface area contributed by atoms with Crippen LogP contribution in [0.3, 0.4) is 0 Å². The monoisotopic (exact) mass is 484 g/mol. The summed E-state index contributed by atoms with van der Waals surface area (Å²) in [6.07, 6.45) is -6.81. The lowest BCUT2D eigenvalue weighted by molar-refractivity contribution is -0.174. The SMILES string of the molecule is CC(NC(=O)NNC(=O)C(F)(F)F)c1ncc(-c2cccc(Cl)c2OCC(F)F)cc1F. The fourth-order valence-corrected chi connectivity index (χ4v) is 2.66. The van der Waals surface area contributed by atoms with Crippen molar-refractivity contribution in [2.45, 2.75) is 25.6 Å². The van der Waals surface area contributed by atoms with Crippen LogP contribution in [0.15, 0.2) is 30.5 Å². The summed E-state index contributed by atoms with van der Waals surface area (Å²) >= 11 is 5.98. The highest BCUT2D eigenvalue weighted by atomic mass is 35.5. The van der Waals surface area contributed by atoms with Crippen molar-refractivity contribution >= 4 is 23.5 Å². The minimum absolute atomic E-state index is 0.0141. The molecule has 174 valence electrons. The van der Waals surface area contributed by atoms with Crippen LogP contribution in [-0.2, 0) is 4.79 Å². The Labute approximate surface area is 182 Å². The second kappa shape index (κ2) is 10.4. The highest BCUT2D eigenvalue weighted by molar-refractivity contribution is 6.32. The molecule has 3 N–H and O–H groups in total. The molecule has 0 fully saturated rings. The lowest BCUT2D eigenvalue weighted by atomic mass is 10.0. The Bertz CT molecular complexity index is 990. The average molecular weight is 485 g/mol. The van der Waals surface area contributed by atoms with Crippen LogP contribution in [0.1, 0.15) is 18.7 Å². The Balaban J connectivity index is 2.14. The van der Waals surface area contributed by atoms with Gasteiger partial charge in [0.05, 0.1) is 16.8 Å². The molecular weight excluding hydrogens is 470 g/mol. The number of hydrogen-bond acceptors (Lipinski definition) is 4. The van der Waals surface area contributed by atoms with Crippen LogP contribution < -0.4 is 20.9 Å². The third kappa shape index (κ3) is 6.64. The first-order valence-corrected chi connectivity index (χ1v) is 9.07. The summed E-state index contributed by atoms with van der Waals surface area (Å²) in [5, 5.41) is 2.11. The average Bonchev–Trinajstić information content (AvgIpc) is 2.69. The molecule has 0 aliphatic rings. The van der Waals surface area contributed by atoms with Gasteiger partial charge in [-0.05, 0) is 19.1 Å². The molecule has 1 aromatic heterocycles. The van der Waals surface area contributed by atoms with Crippen molar-refractivity contribution in [1.29, 1.82) is 0 Å². The number of ether oxygens (including phenoxy) is 1. The number of aromatic nitrogens is 1. The largest absolute Gasteiger partial charge is 0.485 e. The van der Waals surface area contributed by atoms with Crippen LogP contribution in [0, 0.1) is 5.82 Å². The van der Waals surface area contributed by atoms with E-state index in [0.29, 0.717) is 0 Å². The third-order valence-corrected chi connectivity index (χ3v) is 4.10. The molecule has 0 radical (unpaired) electrons. The van der Waals surface area contributed by atoms with Gasteiger partial charge in [-0.15, -0.1) is 0 Å². The van der Waals surface area contributed by atoms with Crippen molar-refractivity contribution in [3.63, 3.8) is 0 Å². The smallest absolute Gasteiger partial charge is 0.472 e. The zero-order chi connectivity index (χ0) is 24.1. The second-order valence-corrected chi connectivity index (χ2v) is 6.59. The number of nitrogens with zero attached hydrogens (tertiary/aromatic N) is 1. The normalized spacial score (nSPS) is 12.3. The number of halogens is 7. The molecule has 0 aliphatic heterocycles. The predicted molar refractivity (Wildman–Crippen MR) is 100 cm³/mol. The van der Waals surface area contributed by atoms with E-state index in [2.05, 4.69) is 10.3 Å². The maximum absolute atomic E-state index is 14.6. The number of hydrogen-bond donors (Lipinski definition) is 3. The van der Waals surface area contributed by atoms with Crippen molar-refractivity contribution in [2.75, 3.05) is 6.61 Å². The Morgan fingerprint density at radius 3 is 2.50 bits per heavy atom. The van der Waals surface area contributed by atoms with Crippen LogP contribution >= 0.6 is 11.6 Å². The van der Waals surface area contributed by atoms with E-state index < -0.39 is 43.0 Å². The molecule has 2 rings (SSSR count). The molecule has 1 unspecified atom stereocenters. The molecule has 0 bridgehead atoms. The van der Waals surface area contributed by atoms with E-state index in [9.17, 15) is 35.9 Å². The number of benzene rings is 1. The molecule has 0 spiro atoms. The van der Waals surface area contributed by atoms with Gasteiger partial charge in [0, 0.05) is 17.3 Å². The minimum atomic E-state index is -5.21. The molecule has 2 aromatic rings. The first kappa shape index (κ1) is 25.0. The number of nitrogens with one attached hydrogen (secondary N) is 3.